The normalized spacial score (nSPS) is 13.0. The van der Waals surface area contributed by atoms with Gasteiger partial charge in [-0.25, -0.2) is 13.4 Å². The van der Waals surface area contributed by atoms with Gasteiger partial charge in [0.05, 0.1) is 27.9 Å². The van der Waals surface area contributed by atoms with Crippen molar-refractivity contribution < 1.29 is 13.5 Å². The van der Waals surface area contributed by atoms with Gasteiger partial charge in [0.1, 0.15) is 0 Å². The number of aromatic nitrogens is 2. The highest BCUT2D eigenvalue weighted by molar-refractivity contribution is 7.92. The Balaban J connectivity index is 1.32. The van der Waals surface area contributed by atoms with E-state index in [-0.39, 0.29) is 10.4 Å². The van der Waals surface area contributed by atoms with Gasteiger partial charge in [0.25, 0.3) is 10.0 Å². The Morgan fingerprint density at radius 1 is 1.09 bits per heavy atom. The number of aliphatic hydroxyl groups is 1. The molecule has 2 heterocycles. The second-order valence-corrected chi connectivity index (χ2v) is 11.7. The van der Waals surface area contributed by atoms with Crippen molar-refractivity contribution in [2.24, 2.45) is 0 Å². The smallest absolute Gasteiger partial charge is 0.261 e. The monoisotopic (exact) mass is 510 g/mol. The number of imidazole rings is 1. The maximum atomic E-state index is 12.6. The fourth-order valence-corrected chi connectivity index (χ4v) is 5.40. The number of aryl methyl sites for hydroxylation is 1. The molecule has 0 aliphatic rings. The Labute approximate surface area is 210 Å². The van der Waals surface area contributed by atoms with Gasteiger partial charge < -0.3 is 15.0 Å². The average molecular weight is 511 g/mol. The molecule has 0 radical (unpaired) electrons. The van der Waals surface area contributed by atoms with E-state index in [1.165, 1.54) is 0 Å². The lowest BCUT2D eigenvalue weighted by Gasteiger charge is -2.28. The van der Waals surface area contributed by atoms with Crippen LogP contribution in [0.3, 0.4) is 0 Å². The lowest BCUT2D eigenvalue weighted by Crippen LogP contribution is -2.42. The van der Waals surface area contributed by atoms with E-state index in [4.69, 9.17) is 0 Å². The lowest BCUT2D eigenvalue weighted by molar-refractivity contribution is 0.158. The molecular formula is C26H30N4O3S2. The first-order chi connectivity index (χ1) is 16.7. The van der Waals surface area contributed by atoms with Crippen molar-refractivity contribution in [2.45, 2.75) is 43.4 Å². The molecule has 7 nitrogen and oxygen atoms in total. The predicted octanol–water partition coefficient (Wildman–Crippen LogP) is 4.90. The number of hydrogen-bond acceptors (Lipinski definition) is 6. The fourth-order valence-electron chi connectivity index (χ4n) is 3.64. The summed E-state index contributed by atoms with van der Waals surface area (Å²) < 4.78 is 29.9. The topological polar surface area (TPSA) is 96.2 Å². The number of hydrogen-bond donors (Lipinski definition) is 3. The van der Waals surface area contributed by atoms with E-state index in [9.17, 15) is 13.5 Å². The van der Waals surface area contributed by atoms with Gasteiger partial charge in [0.15, 0.2) is 0 Å². The minimum atomic E-state index is -3.69. The number of anilines is 1. The summed E-state index contributed by atoms with van der Waals surface area (Å²) >= 11 is 1.67. The number of thiophene rings is 1. The molecule has 0 aliphatic carbocycles. The van der Waals surface area contributed by atoms with E-state index in [1.54, 1.807) is 65.9 Å². The van der Waals surface area contributed by atoms with E-state index in [2.05, 4.69) is 45.7 Å². The zero-order chi connectivity index (χ0) is 24.9. The molecule has 0 unspecified atom stereocenters. The Kier molecular flexibility index (Phi) is 7.71. The SMILES string of the molecule is CC(C)(CCn1cnc(-c2cccs2)c1)NC[C@H](O)c1cccc(NS(=O)(=O)c2ccccc2)c1. The van der Waals surface area contributed by atoms with Crippen LogP contribution in [0.25, 0.3) is 10.6 Å². The number of sulfonamides is 1. The molecule has 0 bridgehead atoms. The van der Waals surface area contributed by atoms with Crippen LogP contribution >= 0.6 is 11.3 Å². The van der Waals surface area contributed by atoms with Gasteiger partial charge in [-0.3, -0.25) is 4.72 Å². The van der Waals surface area contributed by atoms with Gasteiger partial charge in [0.2, 0.25) is 0 Å². The van der Waals surface area contributed by atoms with E-state index in [0.717, 1.165) is 23.5 Å². The molecule has 9 heteroatoms. The van der Waals surface area contributed by atoms with Crippen LogP contribution in [0.5, 0.6) is 0 Å². The quantitative estimate of drug-likeness (QED) is 0.267. The van der Waals surface area contributed by atoms with E-state index in [0.29, 0.717) is 17.8 Å². The molecule has 35 heavy (non-hydrogen) atoms. The zero-order valence-corrected chi connectivity index (χ0v) is 21.4. The first-order valence-corrected chi connectivity index (χ1v) is 13.7. The van der Waals surface area contributed by atoms with E-state index >= 15 is 0 Å². The highest BCUT2D eigenvalue weighted by atomic mass is 32.2. The maximum absolute atomic E-state index is 12.6. The van der Waals surface area contributed by atoms with Crippen molar-refractivity contribution in [1.29, 1.82) is 0 Å². The first-order valence-electron chi connectivity index (χ1n) is 11.4. The molecule has 4 aromatic rings. The summed E-state index contributed by atoms with van der Waals surface area (Å²) in [5, 5.41) is 16.2. The Bertz CT molecular complexity index is 1330. The van der Waals surface area contributed by atoms with Crippen molar-refractivity contribution in [3.63, 3.8) is 0 Å². The van der Waals surface area contributed by atoms with Gasteiger partial charge in [-0.2, -0.15) is 0 Å². The molecule has 0 fully saturated rings. The molecule has 184 valence electrons. The molecule has 2 aromatic carbocycles. The summed E-state index contributed by atoms with van der Waals surface area (Å²) in [6.45, 7) is 5.33. The zero-order valence-electron chi connectivity index (χ0n) is 19.8. The Morgan fingerprint density at radius 3 is 2.63 bits per heavy atom. The minimum absolute atomic E-state index is 0.190. The largest absolute Gasteiger partial charge is 0.387 e. The van der Waals surface area contributed by atoms with E-state index in [1.807, 2.05) is 17.8 Å². The summed E-state index contributed by atoms with van der Waals surface area (Å²) in [6, 6.07) is 19.1. The Morgan fingerprint density at radius 2 is 1.89 bits per heavy atom. The third kappa shape index (κ3) is 6.79. The minimum Gasteiger partial charge on any atom is -0.387 e. The Hall–Kier alpha value is -2.98. The average Bonchev–Trinajstić information content (AvgIpc) is 3.54. The molecule has 0 amide bonds. The van der Waals surface area contributed by atoms with Gasteiger partial charge >= 0.3 is 0 Å². The summed E-state index contributed by atoms with van der Waals surface area (Å²) in [5.74, 6) is 0. The number of rotatable bonds is 11. The third-order valence-corrected chi connectivity index (χ3v) is 8.04. The lowest BCUT2D eigenvalue weighted by atomic mass is 9.99. The van der Waals surface area contributed by atoms with Crippen LogP contribution in [0.2, 0.25) is 0 Å². The molecular weight excluding hydrogens is 480 g/mol. The van der Waals surface area contributed by atoms with Crippen molar-refractivity contribution >= 4 is 27.0 Å². The number of β-amino-alcohol motifs (C(OH)–C–C–N with tert-alkyl or cyclic N) is 1. The number of benzene rings is 2. The van der Waals surface area contributed by atoms with Crippen LogP contribution in [0, 0.1) is 0 Å². The standard InChI is InChI=1S/C26H30N4O3S2/c1-26(2,13-14-30-18-23(27-19-30)25-12-7-15-34-25)28-17-24(31)20-8-6-9-21(16-20)29-35(32,33)22-10-4-3-5-11-22/h3-12,15-16,18-19,24,28-29,31H,13-14,17H2,1-2H3/t24-/m0/s1. The number of nitrogens with one attached hydrogen (secondary N) is 2. The second-order valence-electron chi connectivity index (χ2n) is 9.05. The molecule has 1 atom stereocenters. The van der Waals surface area contributed by atoms with Crippen LogP contribution in [0.4, 0.5) is 5.69 Å². The van der Waals surface area contributed by atoms with Crippen LogP contribution < -0.4 is 10.0 Å². The number of nitrogens with zero attached hydrogens (tertiary/aromatic N) is 2. The van der Waals surface area contributed by atoms with Crippen molar-refractivity contribution in [3.05, 3.63) is 90.2 Å². The third-order valence-electron chi connectivity index (χ3n) is 5.75. The summed E-state index contributed by atoms with van der Waals surface area (Å²) in [4.78, 5) is 5.83. The number of aliphatic hydroxyl groups excluding tert-OH is 1. The van der Waals surface area contributed by atoms with Crippen LogP contribution in [0.1, 0.15) is 31.9 Å². The van der Waals surface area contributed by atoms with Crippen LogP contribution in [0.15, 0.2) is 89.5 Å². The first kappa shape index (κ1) is 25.1. The highest BCUT2D eigenvalue weighted by Gasteiger charge is 2.20. The van der Waals surface area contributed by atoms with Crippen molar-refractivity contribution in [2.75, 3.05) is 11.3 Å². The molecule has 3 N–H and O–H groups in total. The molecule has 2 aromatic heterocycles. The predicted molar refractivity (Wildman–Crippen MR) is 141 cm³/mol. The van der Waals surface area contributed by atoms with Crippen LogP contribution in [-0.2, 0) is 16.6 Å². The van der Waals surface area contributed by atoms with Gasteiger partial charge in [-0.05, 0) is 61.5 Å². The maximum Gasteiger partial charge on any atom is 0.261 e. The summed E-state index contributed by atoms with van der Waals surface area (Å²) in [6.07, 6.45) is 3.96. The van der Waals surface area contributed by atoms with Gasteiger partial charge in [0, 0.05) is 30.5 Å². The molecule has 4 rings (SSSR count). The summed E-state index contributed by atoms with van der Waals surface area (Å²) in [5.41, 5.74) is 1.80. The highest BCUT2D eigenvalue weighted by Crippen LogP contribution is 2.24. The van der Waals surface area contributed by atoms with Crippen molar-refractivity contribution in [1.82, 2.24) is 14.9 Å². The van der Waals surface area contributed by atoms with E-state index < -0.39 is 16.1 Å². The molecule has 0 saturated carbocycles. The molecule has 0 aliphatic heterocycles. The van der Waals surface area contributed by atoms with Crippen molar-refractivity contribution in [3.8, 4) is 10.6 Å². The second kappa shape index (κ2) is 10.7. The van der Waals surface area contributed by atoms with Gasteiger partial charge in [-0.1, -0.05) is 36.4 Å². The summed E-state index contributed by atoms with van der Waals surface area (Å²) in [7, 11) is -3.69. The molecule has 0 saturated heterocycles. The fraction of sp³-hybridized carbons (Fsp3) is 0.269. The van der Waals surface area contributed by atoms with Crippen LogP contribution in [-0.4, -0.2) is 35.2 Å². The van der Waals surface area contributed by atoms with Gasteiger partial charge in [-0.15, -0.1) is 11.3 Å². The molecule has 0 spiro atoms.